The van der Waals surface area contributed by atoms with E-state index in [1.54, 1.807) is 0 Å². The van der Waals surface area contributed by atoms with Gasteiger partial charge in [0.1, 0.15) is 0 Å². The third-order valence-electron chi connectivity index (χ3n) is 7.06. The van der Waals surface area contributed by atoms with Gasteiger partial charge >= 0.3 is 0 Å². The maximum Gasteiger partial charge on any atom is -0.0446 e. The minimum Gasteiger partial charge on any atom is -0.0654 e. The fourth-order valence-corrected chi connectivity index (χ4v) is 2.52. The first-order valence-electron chi connectivity index (χ1n) is 19.0. The minimum atomic E-state index is 0.884. The minimum absolute atomic E-state index is 0.884. The molecule has 0 bridgehead atoms. The van der Waals surface area contributed by atoms with Crippen LogP contribution in [-0.4, -0.2) is 0 Å². The molecule has 0 aliphatic heterocycles. The molecule has 0 heterocycles. The van der Waals surface area contributed by atoms with Crippen LogP contribution < -0.4 is 0 Å². The molecule has 0 aromatic heterocycles. The van der Waals surface area contributed by atoms with Crippen LogP contribution in [0.5, 0.6) is 0 Å². The fourth-order valence-electron chi connectivity index (χ4n) is 2.52. The molecule has 0 spiro atoms. The summed E-state index contributed by atoms with van der Waals surface area (Å²) in [5.41, 5.74) is 0. The van der Waals surface area contributed by atoms with Gasteiger partial charge in [0.2, 0.25) is 0 Å². The van der Waals surface area contributed by atoms with Crippen molar-refractivity contribution in [3.8, 4) is 0 Å². The Morgan fingerprint density at radius 2 is 0.550 bits per heavy atom. The van der Waals surface area contributed by atoms with Gasteiger partial charge in [-0.05, 0) is 17.8 Å². The zero-order valence-electron chi connectivity index (χ0n) is 32.9. The Kier molecular flexibility index (Phi) is 93.5. The SMILES string of the molecule is CCC(C)C.CCC(C)CC.CCCC.CCCC(C)CC.CCCCC.CCCCCC.CCCCCCC. The highest BCUT2D eigenvalue weighted by molar-refractivity contribution is 4.45. The topological polar surface area (TPSA) is 0 Å². The molecular weight excluding hydrogens is 480 g/mol. The van der Waals surface area contributed by atoms with Gasteiger partial charge in [0.15, 0.2) is 0 Å². The van der Waals surface area contributed by atoms with E-state index in [9.17, 15) is 0 Å². The van der Waals surface area contributed by atoms with Crippen LogP contribution in [0.2, 0.25) is 0 Å². The first-order chi connectivity index (χ1) is 19.0. The monoisotopic (exact) mass is 575 g/mol. The van der Waals surface area contributed by atoms with E-state index in [0.29, 0.717) is 0 Å². The summed E-state index contributed by atoms with van der Waals surface area (Å²) in [7, 11) is 0. The van der Waals surface area contributed by atoms with E-state index in [0.717, 1.165) is 17.8 Å². The molecule has 0 amide bonds. The molecule has 0 radical (unpaired) electrons. The molecule has 0 saturated carbocycles. The van der Waals surface area contributed by atoms with Crippen molar-refractivity contribution >= 4 is 0 Å². The van der Waals surface area contributed by atoms with Gasteiger partial charge in [-0.3, -0.25) is 0 Å². The Hall–Kier alpha value is 0. The van der Waals surface area contributed by atoms with Gasteiger partial charge in [0.25, 0.3) is 0 Å². The van der Waals surface area contributed by atoms with Gasteiger partial charge in [0, 0.05) is 0 Å². The standard InChI is InChI=1S/2C7H16.2C6H14.2C5H12.C4H10/c1-4-6-7(3)5-2;1-3-5-7-6-4-2;1-4-6(3)5-2;1-3-5-6-4-2;1-4-5(2)3;1-3-5-4-2;1-3-4-2/h7H,4-6H2,1-3H3;3-7H2,1-2H3;6H,4-5H2,1-3H3;3-6H2,1-2H3;5H,4H2,1-3H3;3-5H2,1-2H3;3-4H2,1-2H3. The van der Waals surface area contributed by atoms with Crippen molar-refractivity contribution in [3.05, 3.63) is 0 Å². The largest absolute Gasteiger partial charge is 0.0654 e. The summed E-state index contributed by atoms with van der Waals surface area (Å²) in [6, 6.07) is 0. The second kappa shape index (κ2) is 67.0. The summed E-state index contributed by atoms with van der Waals surface area (Å²) in [6.07, 6.45) is 27.3. The number of hydrogen-bond acceptors (Lipinski definition) is 0. The summed E-state index contributed by atoms with van der Waals surface area (Å²) in [5, 5.41) is 0. The highest BCUT2D eigenvalue weighted by Gasteiger charge is 1.92. The van der Waals surface area contributed by atoms with Crippen molar-refractivity contribution in [2.45, 2.75) is 246 Å². The van der Waals surface area contributed by atoms with E-state index in [2.05, 4.69) is 118 Å². The zero-order valence-corrected chi connectivity index (χ0v) is 32.9. The smallest absolute Gasteiger partial charge is 0.0446 e. The van der Waals surface area contributed by atoms with Crippen LogP contribution in [0.25, 0.3) is 0 Å². The molecule has 1 unspecified atom stereocenters. The maximum atomic E-state index is 2.31. The van der Waals surface area contributed by atoms with Crippen LogP contribution in [0, 0.1) is 17.8 Å². The van der Waals surface area contributed by atoms with Gasteiger partial charge in [-0.2, -0.15) is 0 Å². The van der Waals surface area contributed by atoms with Gasteiger partial charge in [-0.1, -0.05) is 246 Å². The van der Waals surface area contributed by atoms with E-state index < -0.39 is 0 Å². The lowest BCUT2D eigenvalue weighted by Gasteiger charge is -2.02. The van der Waals surface area contributed by atoms with Gasteiger partial charge < -0.3 is 0 Å². The van der Waals surface area contributed by atoms with Crippen molar-refractivity contribution in [2.24, 2.45) is 17.8 Å². The molecule has 0 rings (SSSR count). The highest BCUT2D eigenvalue weighted by Crippen LogP contribution is 2.07. The Labute approximate surface area is 263 Å². The van der Waals surface area contributed by atoms with Crippen molar-refractivity contribution in [3.63, 3.8) is 0 Å². The Morgan fingerprint density at radius 3 is 0.650 bits per heavy atom. The van der Waals surface area contributed by atoms with E-state index in [4.69, 9.17) is 0 Å². The first-order valence-corrected chi connectivity index (χ1v) is 19.0. The van der Waals surface area contributed by atoms with E-state index >= 15 is 0 Å². The van der Waals surface area contributed by atoms with E-state index in [-0.39, 0.29) is 0 Å². The summed E-state index contributed by atoms with van der Waals surface area (Å²) in [4.78, 5) is 0. The van der Waals surface area contributed by atoms with Gasteiger partial charge in [-0.25, -0.2) is 0 Å². The molecule has 0 aliphatic carbocycles. The second-order valence-corrected chi connectivity index (χ2v) is 12.1. The first kappa shape index (κ1) is 55.9. The van der Waals surface area contributed by atoms with Gasteiger partial charge in [0.05, 0.1) is 0 Å². The lowest BCUT2D eigenvalue weighted by Crippen LogP contribution is -1.88. The van der Waals surface area contributed by atoms with Crippen molar-refractivity contribution < 1.29 is 0 Å². The number of rotatable bonds is 16. The average Bonchev–Trinajstić information content (AvgIpc) is 2.98. The predicted octanol–water partition coefficient (Wildman–Crippen LogP) is 16.9. The summed E-state index contributed by atoms with van der Waals surface area (Å²) < 4.78 is 0. The quantitative estimate of drug-likeness (QED) is 0.161. The third-order valence-corrected chi connectivity index (χ3v) is 7.06. The average molecular weight is 575 g/mol. The van der Waals surface area contributed by atoms with E-state index in [1.165, 1.54) is 128 Å². The van der Waals surface area contributed by atoms with Crippen LogP contribution in [0.1, 0.15) is 246 Å². The van der Waals surface area contributed by atoms with Crippen LogP contribution in [-0.2, 0) is 0 Å². The molecular formula is C40H94. The van der Waals surface area contributed by atoms with Crippen LogP contribution in [0.3, 0.4) is 0 Å². The number of hydrogen-bond donors (Lipinski definition) is 0. The van der Waals surface area contributed by atoms with Crippen LogP contribution in [0.4, 0.5) is 0 Å². The van der Waals surface area contributed by atoms with Crippen molar-refractivity contribution in [1.29, 1.82) is 0 Å². The predicted molar refractivity (Wildman–Crippen MR) is 199 cm³/mol. The molecule has 0 nitrogen and oxygen atoms in total. The summed E-state index contributed by atoms with van der Waals surface area (Å²) in [5.74, 6) is 2.77. The molecule has 1 atom stereocenters. The Balaban J connectivity index is -0.0000000640. The van der Waals surface area contributed by atoms with Crippen molar-refractivity contribution in [2.75, 3.05) is 0 Å². The van der Waals surface area contributed by atoms with Crippen molar-refractivity contribution in [1.82, 2.24) is 0 Å². The third kappa shape index (κ3) is 118. The number of unbranched alkanes of at least 4 members (excludes halogenated alkanes) is 10. The molecule has 0 saturated heterocycles. The highest BCUT2D eigenvalue weighted by atomic mass is 14.0. The Bertz CT molecular complexity index is 264. The maximum absolute atomic E-state index is 2.31. The summed E-state index contributed by atoms with van der Waals surface area (Å²) in [6.45, 7) is 37.9. The lowest BCUT2D eigenvalue weighted by atomic mass is 10.0. The summed E-state index contributed by atoms with van der Waals surface area (Å²) >= 11 is 0. The molecule has 0 aliphatic rings. The molecule has 254 valence electrons. The fraction of sp³-hybridized carbons (Fsp3) is 1.00. The normalized spacial score (nSPS) is 9.97. The van der Waals surface area contributed by atoms with E-state index in [1.807, 2.05) is 0 Å². The van der Waals surface area contributed by atoms with Crippen LogP contribution >= 0.6 is 0 Å². The molecule has 0 N–H and O–H groups in total. The Morgan fingerprint density at radius 1 is 0.275 bits per heavy atom. The van der Waals surface area contributed by atoms with Crippen LogP contribution in [0.15, 0.2) is 0 Å². The molecule has 0 aromatic rings. The molecule has 0 aromatic carbocycles. The molecule has 0 fully saturated rings. The zero-order chi connectivity index (χ0) is 32.9. The lowest BCUT2D eigenvalue weighted by molar-refractivity contribution is 0.509. The molecule has 40 heavy (non-hydrogen) atoms. The van der Waals surface area contributed by atoms with Gasteiger partial charge in [-0.15, -0.1) is 0 Å². The molecule has 0 heteroatoms. The second-order valence-electron chi connectivity index (χ2n) is 12.1.